The summed E-state index contributed by atoms with van der Waals surface area (Å²) in [6, 6.07) is 4.88. The maximum atomic E-state index is 11.0. The fourth-order valence-corrected chi connectivity index (χ4v) is 2.75. The molecule has 2 unspecified atom stereocenters. The van der Waals surface area contributed by atoms with Gasteiger partial charge in [0.2, 0.25) is 0 Å². The van der Waals surface area contributed by atoms with Gasteiger partial charge in [-0.3, -0.25) is 0 Å². The van der Waals surface area contributed by atoms with Crippen LogP contribution in [0.15, 0.2) is 24.5 Å². The highest BCUT2D eigenvalue weighted by Crippen LogP contribution is 2.28. The molecule has 1 aromatic heterocycles. The van der Waals surface area contributed by atoms with E-state index in [2.05, 4.69) is 14.9 Å². The van der Waals surface area contributed by atoms with Crippen LogP contribution in [0.3, 0.4) is 0 Å². The smallest absolute Gasteiger partial charge is 0.335 e. The van der Waals surface area contributed by atoms with E-state index in [0.717, 1.165) is 24.3 Å². The van der Waals surface area contributed by atoms with Gasteiger partial charge in [-0.15, -0.1) is 0 Å². The van der Waals surface area contributed by atoms with Crippen LogP contribution >= 0.6 is 0 Å². The van der Waals surface area contributed by atoms with Crippen molar-refractivity contribution in [1.82, 2.24) is 9.97 Å². The summed E-state index contributed by atoms with van der Waals surface area (Å²) in [6.07, 6.45) is 1.90. The number of carboxylic acids is 1. The molecular formula is C15H17N3O3. The number of aromatic carboxylic acids is 1. The quantitative estimate of drug-likeness (QED) is 0.871. The first-order valence-electron chi connectivity index (χ1n) is 6.97. The van der Waals surface area contributed by atoms with Crippen LogP contribution in [-0.2, 0) is 0 Å². The van der Waals surface area contributed by atoms with Crippen molar-refractivity contribution in [2.75, 3.05) is 18.0 Å². The van der Waals surface area contributed by atoms with Gasteiger partial charge in [0, 0.05) is 18.5 Å². The van der Waals surface area contributed by atoms with Gasteiger partial charge in [0.15, 0.2) is 0 Å². The summed E-state index contributed by atoms with van der Waals surface area (Å²) in [5.41, 5.74) is 0.841. The Balaban J connectivity index is 2.01. The molecule has 1 aliphatic rings. The van der Waals surface area contributed by atoms with Crippen molar-refractivity contribution < 1.29 is 15.0 Å². The second kappa shape index (κ2) is 5.29. The third-order valence-electron chi connectivity index (χ3n) is 4.02. The van der Waals surface area contributed by atoms with Gasteiger partial charge < -0.3 is 15.1 Å². The lowest BCUT2D eigenvalue weighted by molar-refractivity contribution is 0.0697. The van der Waals surface area contributed by atoms with Crippen molar-refractivity contribution in [3.63, 3.8) is 0 Å². The Labute approximate surface area is 122 Å². The van der Waals surface area contributed by atoms with Gasteiger partial charge in [0.05, 0.1) is 17.2 Å². The summed E-state index contributed by atoms with van der Waals surface area (Å²) in [5, 5.41) is 19.7. The number of benzene rings is 1. The molecule has 2 N–H and O–H groups in total. The predicted molar refractivity (Wildman–Crippen MR) is 78.5 cm³/mol. The van der Waals surface area contributed by atoms with Crippen LogP contribution < -0.4 is 4.90 Å². The van der Waals surface area contributed by atoms with E-state index in [0.29, 0.717) is 11.9 Å². The van der Waals surface area contributed by atoms with Crippen molar-refractivity contribution in [3.05, 3.63) is 30.1 Å². The van der Waals surface area contributed by atoms with Gasteiger partial charge in [0.1, 0.15) is 12.1 Å². The van der Waals surface area contributed by atoms with Crippen molar-refractivity contribution in [3.8, 4) is 0 Å². The first-order valence-corrected chi connectivity index (χ1v) is 6.97. The Morgan fingerprint density at radius 3 is 2.90 bits per heavy atom. The highest BCUT2D eigenvalue weighted by Gasteiger charge is 2.26. The van der Waals surface area contributed by atoms with E-state index in [4.69, 9.17) is 5.11 Å². The lowest BCUT2D eigenvalue weighted by atomic mass is 9.96. The Hall–Kier alpha value is -2.21. The van der Waals surface area contributed by atoms with Crippen LogP contribution in [0.1, 0.15) is 23.7 Å². The summed E-state index contributed by atoms with van der Waals surface area (Å²) in [4.78, 5) is 21.7. The molecule has 1 aromatic carbocycles. The fourth-order valence-electron chi connectivity index (χ4n) is 2.75. The summed E-state index contributed by atoms with van der Waals surface area (Å²) >= 11 is 0. The van der Waals surface area contributed by atoms with Gasteiger partial charge in [-0.05, 0) is 30.5 Å². The Kier molecular flexibility index (Phi) is 3.47. The molecule has 2 heterocycles. The second-order valence-corrected chi connectivity index (χ2v) is 5.51. The molecule has 6 nitrogen and oxygen atoms in total. The number of carbonyl (C=O) groups is 1. The average Bonchev–Trinajstić information content (AvgIpc) is 2.49. The minimum Gasteiger partial charge on any atom is -0.478 e. The maximum Gasteiger partial charge on any atom is 0.335 e. The van der Waals surface area contributed by atoms with Crippen molar-refractivity contribution >= 4 is 22.7 Å². The topological polar surface area (TPSA) is 86.6 Å². The minimum atomic E-state index is -0.966. The molecule has 0 saturated carbocycles. The van der Waals surface area contributed by atoms with E-state index in [-0.39, 0.29) is 17.6 Å². The molecule has 1 saturated heterocycles. The summed E-state index contributed by atoms with van der Waals surface area (Å²) < 4.78 is 0. The Bertz CT molecular complexity index is 689. The number of aliphatic hydroxyl groups excluding tert-OH is 1. The first kappa shape index (κ1) is 13.8. The number of aliphatic hydroxyl groups is 1. The normalized spacial score (nSPS) is 22.5. The molecule has 2 aromatic rings. The number of hydrogen-bond donors (Lipinski definition) is 2. The molecule has 110 valence electrons. The number of nitrogens with zero attached hydrogens (tertiary/aromatic N) is 3. The molecule has 0 aliphatic carbocycles. The monoisotopic (exact) mass is 287 g/mol. The van der Waals surface area contributed by atoms with Crippen LogP contribution in [0.25, 0.3) is 10.9 Å². The van der Waals surface area contributed by atoms with Crippen LogP contribution in [-0.4, -0.2) is 45.3 Å². The van der Waals surface area contributed by atoms with Crippen LogP contribution in [0.4, 0.5) is 5.82 Å². The van der Waals surface area contributed by atoms with Crippen LogP contribution in [0, 0.1) is 5.92 Å². The molecule has 6 heteroatoms. The van der Waals surface area contributed by atoms with Gasteiger partial charge in [-0.25, -0.2) is 14.8 Å². The highest BCUT2D eigenvalue weighted by atomic mass is 16.4. The van der Waals surface area contributed by atoms with Crippen LogP contribution in [0.2, 0.25) is 0 Å². The van der Waals surface area contributed by atoms with E-state index in [1.165, 1.54) is 6.33 Å². The molecule has 21 heavy (non-hydrogen) atoms. The molecule has 0 spiro atoms. The Morgan fingerprint density at radius 2 is 2.19 bits per heavy atom. The van der Waals surface area contributed by atoms with Crippen molar-refractivity contribution in [2.45, 2.75) is 19.4 Å². The molecule has 0 radical (unpaired) electrons. The third kappa shape index (κ3) is 2.54. The minimum absolute atomic E-state index is 0.182. The van der Waals surface area contributed by atoms with E-state index >= 15 is 0 Å². The summed E-state index contributed by atoms with van der Waals surface area (Å²) in [7, 11) is 0. The number of aromatic nitrogens is 2. The number of fused-ring (bicyclic) bond motifs is 1. The Morgan fingerprint density at radius 1 is 1.38 bits per heavy atom. The molecule has 0 bridgehead atoms. The SMILES string of the molecule is CC1CN(c2ncnc3cc(C(=O)O)ccc23)CCC1O. The molecule has 1 fully saturated rings. The lowest BCUT2D eigenvalue weighted by Gasteiger charge is -2.35. The largest absolute Gasteiger partial charge is 0.478 e. The predicted octanol–water partition coefficient (Wildman–Crippen LogP) is 1.54. The van der Waals surface area contributed by atoms with Gasteiger partial charge in [-0.1, -0.05) is 6.92 Å². The lowest BCUT2D eigenvalue weighted by Crippen LogP contribution is -2.42. The van der Waals surface area contributed by atoms with E-state index in [1.807, 2.05) is 6.92 Å². The second-order valence-electron chi connectivity index (χ2n) is 5.51. The zero-order chi connectivity index (χ0) is 15.0. The number of rotatable bonds is 2. The van der Waals surface area contributed by atoms with Crippen LogP contribution in [0.5, 0.6) is 0 Å². The maximum absolute atomic E-state index is 11.0. The van der Waals surface area contributed by atoms with Gasteiger partial charge in [0.25, 0.3) is 0 Å². The van der Waals surface area contributed by atoms with E-state index < -0.39 is 5.97 Å². The van der Waals surface area contributed by atoms with Gasteiger partial charge >= 0.3 is 5.97 Å². The summed E-state index contributed by atoms with van der Waals surface area (Å²) in [5.74, 6) is 0.0181. The zero-order valence-corrected chi connectivity index (χ0v) is 11.7. The van der Waals surface area contributed by atoms with Crippen molar-refractivity contribution in [2.24, 2.45) is 5.92 Å². The number of carboxylic acid groups (broad SMARTS) is 1. The molecule has 2 atom stereocenters. The van der Waals surface area contributed by atoms with Gasteiger partial charge in [-0.2, -0.15) is 0 Å². The molecule has 1 aliphatic heterocycles. The molecular weight excluding hydrogens is 270 g/mol. The number of piperidine rings is 1. The van der Waals surface area contributed by atoms with E-state index in [1.54, 1.807) is 18.2 Å². The number of hydrogen-bond acceptors (Lipinski definition) is 5. The molecule has 0 amide bonds. The zero-order valence-electron chi connectivity index (χ0n) is 11.7. The molecule has 3 rings (SSSR count). The standard InChI is InChI=1S/C15H17N3O3/c1-9-7-18(5-4-13(9)19)14-11-3-2-10(15(20)21)6-12(11)16-8-17-14/h2-3,6,8-9,13,19H,4-5,7H2,1H3,(H,20,21). The summed E-state index contributed by atoms with van der Waals surface area (Å²) in [6.45, 7) is 3.48. The van der Waals surface area contributed by atoms with Crippen molar-refractivity contribution in [1.29, 1.82) is 0 Å². The first-order chi connectivity index (χ1) is 10.1. The average molecular weight is 287 g/mol. The van der Waals surface area contributed by atoms with E-state index in [9.17, 15) is 9.90 Å². The third-order valence-corrected chi connectivity index (χ3v) is 4.02. The fraction of sp³-hybridized carbons (Fsp3) is 0.400. The highest BCUT2D eigenvalue weighted by molar-refractivity contribution is 5.96. The number of anilines is 1.